The van der Waals surface area contributed by atoms with Gasteiger partial charge >= 0.3 is 0 Å². The van der Waals surface area contributed by atoms with Gasteiger partial charge in [-0.1, -0.05) is 13.8 Å². The second-order valence-corrected chi connectivity index (χ2v) is 9.29. The maximum atomic E-state index is 12.5. The van der Waals surface area contributed by atoms with Crippen molar-refractivity contribution in [3.05, 3.63) is 14.7 Å². The standard InChI is InChI=1S/C11H16BrNO2S2/c1-7-5-13(6-8(7)2)17(14,15)10-4-11(12)16-9(10)3/h4,7-8H,5-6H2,1-3H3. The van der Waals surface area contributed by atoms with Crippen LogP contribution in [0.1, 0.15) is 18.7 Å². The lowest BCUT2D eigenvalue weighted by Crippen LogP contribution is -2.29. The quantitative estimate of drug-likeness (QED) is 0.831. The van der Waals surface area contributed by atoms with Crippen LogP contribution in [0.5, 0.6) is 0 Å². The van der Waals surface area contributed by atoms with Crippen LogP contribution < -0.4 is 0 Å². The molecule has 0 spiro atoms. The minimum atomic E-state index is -3.30. The van der Waals surface area contributed by atoms with Gasteiger partial charge in [-0.3, -0.25) is 0 Å². The van der Waals surface area contributed by atoms with Crippen molar-refractivity contribution in [1.82, 2.24) is 4.31 Å². The molecule has 3 nitrogen and oxygen atoms in total. The number of hydrogen-bond acceptors (Lipinski definition) is 3. The molecule has 0 aliphatic carbocycles. The van der Waals surface area contributed by atoms with E-state index >= 15 is 0 Å². The van der Waals surface area contributed by atoms with E-state index in [1.54, 1.807) is 10.4 Å². The van der Waals surface area contributed by atoms with E-state index < -0.39 is 10.0 Å². The Morgan fingerprint density at radius 1 is 1.35 bits per heavy atom. The molecule has 0 amide bonds. The average molecular weight is 338 g/mol. The number of rotatable bonds is 2. The second kappa shape index (κ2) is 4.64. The van der Waals surface area contributed by atoms with Crippen LogP contribution in [0.25, 0.3) is 0 Å². The van der Waals surface area contributed by atoms with E-state index in [1.807, 2.05) is 6.92 Å². The van der Waals surface area contributed by atoms with E-state index in [1.165, 1.54) is 11.3 Å². The Balaban J connectivity index is 2.35. The van der Waals surface area contributed by atoms with Gasteiger partial charge in [0.2, 0.25) is 10.0 Å². The van der Waals surface area contributed by atoms with Crippen molar-refractivity contribution in [2.45, 2.75) is 25.7 Å². The molecular weight excluding hydrogens is 322 g/mol. The molecule has 2 unspecified atom stereocenters. The van der Waals surface area contributed by atoms with Crippen molar-refractivity contribution >= 4 is 37.3 Å². The predicted molar refractivity (Wildman–Crippen MR) is 73.8 cm³/mol. The van der Waals surface area contributed by atoms with Gasteiger partial charge in [-0.2, -0.15) is 4.31 Å². The highest BCUT2D eigenvalue weighted by Crippen LogP contribution is 2.34. The fraction of sp³-hybridized carbons (Fsp3) is 0.636. The minimum Gasteiger partial charge on any atom is -0.207 e. The molecule has 0 radical (unpaired) electrons. The third-order valence-electron chi connectivity index (χ3n) is 3.41. The van der Waals surface area contributed by atoms with E-state index in [0.29, 0.717) is 29.8 Å². The molecular formula is C11H16BrNO2S2. The first-order chi connectivity index (χ1) is 7.82. The van der Waals surface area contributed by atoms with Crippen LogP contribution in [0.3, 0.4) is 0 Å². The SMILES string of the molecule is Cc1sc(Br)cc1S(=O)(=O)N1CC(C)C(C)C1. The first-order valence-electron chi connectivity index (χ1n) is 5.58. The molecule has 2 rings (SSSR count). The van der Waals surface area contributed by atoms with E-state index in [9.17, 15) is 8.42 Å². The lowest BCUT2D eigenvalue weighted by atomic mass is 10.0. The molecule has 0 saturated carbocycles. The topological polar surface area (TPSA) is 37.4 Å². The van der Waals surface area contributed by atoms with Crippen LogP contribution >= 0.6 is 27.3 Å². The molecule has 0 N–H and O–H groups in total. The number of thiophene rings is 1. The van der Waals surface area contributed by atoms with Gasteiger partial charge in [0.15, 0.2) is 0 Å². The maximum absolute atomic E-state index is 12.5. The molecule has 1 fully saturated rings. The molecule has 1 aromatic rings. The molecule has 6 heteroatoms. The Morgan fingerprint density at radius 2 is 1.88 bits per heavy atom. The van der Waals surface area contributed by atoms with Crippen LogP contribution in [0.4, 0.5) is 0 Å². The first-order valence-corrected chi connectivity index (χ1v) is 8.63. The number of halogens is 1. The third kappa shape index (κ3) is 2.45. The molecule has 2 heterocycles. The van der Waals surface area contributed by atoms with Gasteiger partial charge in [-0.05, 0) is 40.8 Å². The molecule has 1 saturated heterocycles. The Kier molecular flexibility index (Phi) is 3.69. The molecule has 1 aromatic heterocycles. The molecule has 1 aliphatic heterocycles. The molecule has 17 heavy (non-hydrogen) atoms. The summed E-state index contributed by atoms with van der Waals surface area (Å²) in [4.78, 5) is 1.31. The minimum absolute atomic E-state index is 0.437. The Hall–Kier alpha value is 0.0900. The number of hydrogen-bond donors (Lipinski definition) is 0. The van der Waals surface area contributed by atoms with Gasteiger partial charge in [0.1, 0.15) is 0 Å². The van der Waals surface area contributed by atoms with Crippen molar-refractivity contribution in [3.8, 4) is 0 Å². The van der Waals surface area contributed by atoms with Crippen LogP contribution in [0.15, 0.2) is 14.7 Å². The summed E-state index contributed by atoms with van der Waals surface area (Å²) in [5.41, 5.74) is 0. The van der Waals surface area contributed by atoms with Crippen molar-refractivity contribution in [2.75, 3.05) is 13.1 Å². The molecule has 0 bridgehead atoms. The molecule has 96 valence electrons. The zero-order valence-corrected chi connectivity index (χ0v) is 13.3. The van der Waals surface area contributed by atoms with Gasteiger partial charge in [0.25, 0.3) is 0 Å². The zero-order valence-electron chi connectivity index (χ0n) is 10.1. The summed E-state index contributed by atoms with van der Waals surface area (Å²) >= 11 is 4.81. The Labute approximate surface area is 115 Å². The summed E-state index contributed by atoms with van der Waals surface area (Å²) in [5.74, 6) is 0.874. The van der Waals surface area contributed by atoms with Crippen molar-refractivity contribution in [1.29, 1.82) is 0 Å². The summed E-state index contributed by atoms with van der Waals surface area (Å²) in [6.07, 6.45) is 0. The van der Waals surface area contributed by atoms with Crippen molar-refractivity contribution < 1.29 is 8.42 Å². The smallest absolute Gasteiger partial charge is 0.207 e. The second-order valence-electron chi connectivity index (χ2n) is 4.75. The average Bonchev–Trinajstić information content (AvgIpc) is 2.72. The lowest BCUT2D eigenvalue weighted by molar-refractivity contribution is 0.463. The number of aryl methyl sites for hydroxylation is 1. The van der Waals surface area contributed by atoms with E-state index in [2.05, 4.69) is 29.8 Å². The van der Waals surface area contributed by atoms with Gasteiger partial charge in [-0.25, -0.2) is 8.42 Å². The van der Waals surface area contributed by atoms with E-state index in [-0.39, 0.29) is 0 Å². The summed E-state index contributed by atoms with van der Waals surface area (Å²) < 4.78 is 27.4. The Bertz CT molecular complexity index is 514. The van der Waals surface area contributed by atoms with Crippen LogP contribution in [-0.4, -0.2) is 25.8 Å². The molecule has 2 atom stereocenters. The Morgan fingerprint density at radius 3 is 2.29 bits per heavy atom. The highest BCUT2D eigenvalue weighted by Gasteiger charge is 2.36. The fourth-order valence-corrected chi connectivity index (χ4v) is 6.12. The van der Waals surface area contributed by atoms with Crippen molar-refractivity contribution in [2.24, 2.45) is 11.8 Å². The summed E-state index contributed by atoms with van der Waals surface area (Å²) in [6, 6.07) is 1.71. The van der Waals surface area contributed by atoms with Crippen molar-refractivity contribution in [3.63, 3.8) is 0 Å². The summed E-state index contributed by atoms with van der Waals surface area (Å²) in [7, 11) is -3.30. The highest BCUT2D eigenvalue weighted by atomic mass is 79.9. The van der Waals surface area contributed by atoms with E-state index in [4.69, 9.17) is 0 Å². The van der Waals surface area contributed by atoms with Gasteiger partial charge in [0, 0.05) is 18.0 Å². The third-order valence-corrected chi connectivity index (χ3v) is 7.06. The largest absolute Gasteiger partial charge is 0.244 e. The van der Waals surface area contributed by atoms with E-state index in [0.717, 1.165) is 8.66 Å². The van der Waals surface area contributed by atoms with Crippen LogP contribution in [-0.2, 0) is 10.0 Å². The summed E-state index contributed by atoms with van der Waals surface area (Å²) in [5, 5.41) is 0. The summed E-state index contributed by atoms with van der Waals surface area (Å²) in [6.45, 7) is 7.34. The highest BCUT2D eigenvalue weighted by molar-refractivity contribution is 9.11. The zero-order chi connectivity index (χ0) is 12.8. The lowest BCUT2D eigenvalue weighted by Gasteiger charge is -2.15. The van der Waals surface area contributed by atoms with Gasteiger partial charge in [-0.15, -0.1) is 11.3 Å². The van der Waals surface area contributed by atoms with Crippen LogP contribution in [0.2, 0.25) is 0 Å². The molecule has 1 aliphatic rings. The van der Waals surface area contributed by atoms with Gasteiger partial charge in [0.05, 0.1) is 8.68 Å². The first kappa shape index (κ1) is 13.5. The number of sulfonamides is 1. The fourth-order valence-electron chi connectivity index (χ4n) is 2.10. The van der Waals surface area contributed by atoms with Gasteiger partial charge < -0.3 is 0 Å². The molecule has 0 aromatic carbocycles. The monoisotopic (exact) mass is 337 g/mol. The van der Waals surface area contributed by atoms with Crippen LogP contribution in [0, 0.1) is 18.8 Å². The predicted octanol–water partition coefficient (Wildman–Crippen LogP) is 3.10. The normalized spacial score (nSPS) is 26.6. The maximum Gasteiger partial charge on any atom is 0.244 e. The number of nitrogens with zero attached hydrogens (tertiary/aromatic N) is 1.